The molecule has 0 bridgehead atoms. The Kier molecular flexibility index (Phi) is 7.17. The van der Waals surface area contributed by atoms with Crippen LogP contribution in [0.5, 0.6) is 5.75 Å². The summed E-state index contributed by atoms with van der Waals surface area (Å²) in [4.78, 5) is 12.4. The molecule has 1 aliphatic heterocycles. The van der Waals surface area contributed by atoms with Gasteiger partial charge in [-0.05, 0) is 30.5 Å². The smallest absolute Gasteiger partial charge is 0.162 e. The Balaban J connectivity index is 1.16. The van der Waals surface area contributed by atoms with Crippen LogP contribution < -0.4 is 15.0 Å². The van der Waals surface area contributed by atoms with Crippen LogP contribution >= 0.6 is 11.3 Å². The summed E-state index contributed by atoms with van der Waals surface area (Å²) < 4.78 is 31.7. The van der Waals surface area contributed by atoms with Gasteiger partial charge in [-0.15, -0.1) is 11.3 Å². The lowest BCUT2D eigenvalue weighted by Gasteiger charge is -2.34. The third-order valence-electron chi connectivity index (χ3n) is 6.21. The van der Waals surface area contributed by atoms with E-state index in [-0.39, 0.29) is 18.4 Å². The lowest BCUT2D eigenvalue weighted by Crippen LogP contribution is -2.45. The average molecular weight is 497 g/mol. The maximum atomic E-state index is 13.3. The Bertz CT molecular complexity index is 1280. The van der Waals surface area contributed by atoms with Crippen molar-refractivity contribution in [2.45, 2.75) is 25.0 Å². The third kappa shape index (κ3) is 5.42. The Morgan fingerprint density at radius 3 is 2.66 bits per heavy atom. The number of nitrogens with one attached hydrogen (secondary N) is 1. The van der Waals surface area contributed by atoms with Gasteiger partial charge in [-0.1, -0.05) is 30.3 Å². The molecule has 0 aliphatic carbocycles. The fourth-order valence-corrected chi connectivity index (χ4v) is 5.26. The van der Waals surface area contributed by atoms with Crippen LogP contribution in [0.25, 0.3) is 21.3 Å². The van der Waals surface area contributed by atoms with E-state index >= 15 is 0 Å². The molecular weight excluding hydrogens is 470 g/mol. The first kappa shape index (κ1) is 23.6. The third-order valence-corrected chi connectivity index (χ3v) is 7.09. The van der Waals surface area contributed by atoms with Crippen molar-refractivity contribution in [2.75, 3.05) is 31.1 Å². The summed E-state index contributed by atoms with van der Waals surface area (Å²) in [6.07, 6.45) is 2.69. The van der Waals surface area contributed by atoms with Gasteiger partial charge >= 0.3 is 0 Å². The van der Waals surface area contributed by atoms with Gasteiger partial charge in [0.2, 0.25) is 0 Å². The first-order valence-corrected chi connectivity index (χ1v) is 12.5. The van der Waals surface area contributed by atoms with Crippen molar-refractivity contribution in [1.29, 1.82) is 0 Å². The molecule has 4 aromatic rings. The maximum Gasteiger partial charge on any atom is 0.162 e. The van der Waals surface area contributed by atoms with Gasteiger partial charge in [0.15, 0.2) is 11.6 Å². The van der Waals surface area contributed by atoms with Crippen LogP contribution in [0.3, 0.4) is 0 Å². The molecule has 182 valence electrons. The molecule has 0 saturated carbocycles. The minimum atomic E-state index is -0.971. The number of anilines is 1. The van der Waals surface area contributed by atoms with Crippen LogP contribution in [0, 0.1) is 11.6 Å². The molecule has 2 aromatic heterocycles. The number of benzene rings is 2. The van der Waals surface area contributed by atoms with Crippen LogP contribution in [-0.4, -0.2) is 53.5 Å². The fourth-order valence-electron chi connectivity index (χ4n) is 4.35. The van der Waals surface area contributed by atoms with Crippen LogP contribution in [0.15, 0.2) is 60.2 Å². The lowest BCUT2D eigenvalue weighted by molar-refractivity contribution is 0.102. The van der Waals surface area contributed by atoms with Crippen molar-refractivity contribution in [3.63, 3.8) is 0 Å². The van der Waals surface area contributed by atoms with Gasteiger partial charge in [0, 0.05) is 42.7 Å². The molecule has 35 heavy (non-hydrogen) atoms. The second kappa shape index (κ2) is 10.6. The first-order chi connectivity index (χ1) is 17.1. The Morgan fingerprint density at radius 2 is 1.89 bits per heavy atom. The number of fused-ring (bicyclic) bond motifs is 1. The van der Waals surface area contributed by atoms with Gasteiger partial charge in [-0.2, -0.15) is 0 Å². The minimum Gasteiger partial charge on any atom is -0.491 e. The van der Waals surface area contributed by atoms with Gasteiger partial charge in [0.1, 0.15) is 35.4 Å². The van der Waals surface area contributed by atoms with Gasteiger partial charge in [-0.25, -0.2) is 18.7 Å². The van der Waals surface area contributed by atoms with E-state index in [1.54, 1.807) is 17.7 Å². The summed E-state index contributed by atoms with van der Waals surface area (Å²) in [6, 6.07) is 13.9. The summed E-state index contributed by atoms with van der Waals surface area (Å²) in [7, 11) is 0. The standard InChI is InChI=1S/C26H26F2N4O2S/c27-22-7-6-20(12-23(22)28)34-14-19(33)13-29-18-8-10-32(11-9-18)25-24-21(17-4-2-1-3-5-17)15-35-26(24)31-16-30-25/h1-7,12,15-16,18-19,29,33H,8-11,13-14H2. The van der Waals surface area contributed by atoms with Crippen LogP contribution in [0.4, 0.5) is 14.6 Å². The fraction of sp³-hybridized carbons (Fsp3) is 0.308. The summed E-state index contributed by atoms with van der Waals surface area (Å²) in [5.74, 6) is -0.741. The number of halogens is 2. The van der Waals surface area contributed by atoms with E-state index in [0.29, 0.717) is 6.54 Å². The van der Waals surface area contributed by atoms with Crippen molar-refractivity contribution in [3.8, 4) is 16.9 Å². The molecule has 0 radical (unpaired) electrons. The van der Waals surface area contributed by atoms with E-state index in [0.717, 1.165) is 65.2 Å². The lowest BCUT2D eigenvalue weighted by atomic mass is 10.0. The number of aliphatic hydroxyl groups is 1. The van der Waals surface area contributed by atoms with Crippen LogP contribution in [0.2, 0.25) is 0 Å². The molecule has 1 fully saturated rings. The van der Waals surface area contributed by atoms with Crippen molar-refractivity contribution in [2.24, 2.45) is 0 Å². The van der Waals surface area contributed by atoms with Gasteiger partial charge in [-0.3, -0.25) is 0 Å². The summed E-state index contributed by atoms with van der Waals surface area (Å²) in [5, 5.41) is 16.9. The highest BCUT2D eigenvalue weighted by molar-refractivity contribution is 7.17. The van der Waals surface area contributed by atoms with E-state index in [1.807, 2.05) is 18.2 Å². The zero-order valence-corrected chi connectivity index (χ0v) is 19.8. The molecule has 9 heteroatoms. The number of thiophene rings is 1. The van der Waals surface area contributed by atoms with Crippen molar-refractivity contribution in [3.05, 3.63) is 71.9 Å². The SMILES string of the molecule is OC(CNC1CCN(c2ncnc3scc(-c4ccccc4)c23)CC1)COc1ccc(F)c(F)c1. The van der Waals surface area contributed by atoms with E-state index in [2.05, 4.69) is 37.7 Å². The molecule has 1 atom stereocenters. The monoisotopic (exact) mass is 496 g/mol. The maximum absolute atomic E-state index is 13.3. The zero-order chi connectivity index (χ0) is 24.2. The second-order valence-electron chi connectivity index (χ2n) is 8.60. The number of hydrogen-bond acceptors (Lipinski definition) is 7. The molecule has 3 heterocycles. The number of aliphatic hydroxyl groups excluding tert-OH is 1. The molecule has 1 saturated heterocycles. The zero-order valence-electron chi connectivity index (χ0n) is 19.0. The van der Waals surface area contributed by atoms with Gasteiger partial charge in [0.25, 0.3) is 0 Å². The van der Waals surface area contributed by atoms with E-state index < -0.39 is 17.7 Å². The van der Waals surface area contributed by atoms with Crippen LogP contribution in [-0.2, 0) is 0 Å². The van der Waals surface area contributed by atoms with E-state index in [9.17, 15) is 13.9 Å². The van der Waals surface area contributed by atoms with E-state index in [1.165, 1.54) is 6.07 Å². The van der Waals surface area contributed by atoms with Crippen LogP contribution in [0.1, 0.15) is 12.8 Å². The minimum absolute atomic E-state index is 0.00372. The largest absolute Gasteiger partial charge is 0.491 e. The molecule has 0 amide bonds. The number of ether oxygens (including phenoxy) is 1. The van der Waals surface area contributed by atoms with Gasteiger partial charge in [0.05, 0.1) is 5.39 Å². The highest BCUT2D eigenvalue weighted by atomic mass is 32.1. The normalized spacial score (nSPS) is 15.5. The molecule has 2 N–H and O–H groups in total. The van der Waals surface area contributed by atoms with Crippen molar-refractivity contribution >= 4 is 27.4 Å². The van der Waals surface area contributed by atoms with Gasteiger partial charge < -0.3 is 20.1 Å². The predicted octanol–water partition coefficient (Wildman–Crippen LogP) is 4.63. The summed E-state index contributed by atoms with van der Waals surface area (Å²) >= 11 is 1.63. The molecule has 6 nitrogen and oxygen atoms in total. The van der Waals surface area contributed by atoms with E-state index in [4.69, 9.17) is 4.74 Å². The number of piperidine rings is 1. The Hall–Kier alpha value is -3.14. The topological polar surface area (TPSA) is 70.5 Å². The molecule has 5 rings (SSSR count). The number of aromatic nitrogens is 2. The second-order valence-corrected chi connectivity index (χ2v) is 9.46. The molecule has 1 unspecified atom stereocenters. The van der Waals surface area contributed by atoms with Crippen molar-refractivity contribution in [1.82, 2.24) is 15.3 Å². The Labute approximate surface area is 206 Å². The molecule has 2 aromatic carbocycles. The molecular formula is C26H26F2N4O2S. The number of nitrogens with zero attached hydrogens (tertiary/aromatic N) is 3. The Morgan fingerprint density at radius 1 is 1.09 bits per heavy atom. The first-order valence-electron chi connectivity index (χ1n) is 11.6. The number of rotatable bonds is 8. The predicted molar refractivity (Wildman–Crippen MR) is 134 cm³/mol. The molecule has 1 aliphatic rings. The highest BCUT2D eigenvalue weighted by Gasteiger charge is 2.24. The summed E-state index contributed by atoms with van der Waals surface area (Å²) in [5.41, 5.74) is 2.32. The molecule has 0 spiro atoms. The number of hydrogen-bond donors (Lipinski definition) is 2. The average Bonchev–Trinajstić information content (AvgIpc) is 3.33. The quantitative estimate of drug-likeness (QED) is 0.371. The highest BCUT2D eigenvalue weighted by Crippen LogP contribution is 2.38. The summed E-state index contributed by atoms with van der Waals surface area (Å²) in [6.45, 7) is 2.04. The van der Waals surface area contributed by atoms with Crippen molar-refractivity contribution < 1.29 is 18.6 Å².